The van der Waals surface area contributed by atoms with E-state index in [9.17, 15) is 15.0 Å². The molecular formula is C21H20ClN3O4. The maximum Gasteiger partial charge on any atom is 0.273 e. The highest BCUT2D eigenvalue weighted by molar-refractivity contribution is 6.31. The molecule has 2 heterocycles. The van der Waals surface area contributed by atoms with Crippen LogP contribution < -0.4 is 4.74 Å². The van der Waals surface area contributed by atoms with E-state index in [0.717, 1.165) is 11.1 Å². The van der Waals surface area contributed by atoms with E-state index in [1.807, 2.05) is 24.3 Å². The van der Waals surface area contributed by atoms with Crippen LogP contribution >= 0.6 is 11.6 Å². The van der Waals surface area contributed by atoms with Crippen molar-refractivity contribution in [1.29, 1.82) is 0 Å². The standard InChI is InChI=1S/C21H20ClN3O4/c1-11-9-16(27)14(10-15(11)22)18-17-19(24-23-18)21(28)25(7-8-26)20(17)12-3-5-13(29-2)6-4-12/h3-6,9-10,20,26-27H,7-8H2,1-2H3,(H,23,24). The summed E-state index contributed by atoms with van der Waals surface area (Å²) in [6.07, 6.45) is 0. The van der Waals surface area contributed by atoms with Crippen LogP contribution in [0, 0.1) is 6.92 Å². The molecule has 1 atom stereocenters. The molecule has 0 saturated carbocycles. The highest BCUT2D eigenvalue weighted by atomic mass is 35.5. The SMILES string of the molecule is COc1ccc(C2c3c(-c4cc(Cl)c(C)cc4O)n[nH]c3C(=O)N2CCO)cc1. The largest absolute Gasteiger partial charge is 0.507 e. The van der Waals surface area contributed by atoms with E-state index in [2.05, 4.69) is 10.2 Å². The zero-order valence-electron chi connectivity index (χ0n) is 15.9. The Balaban J connectivity index is 1.90. The maximum atomic E-state index is 13.0. The monoisotopic (exact) mass is 413 g/mol. The fourth-order valence-electron chi connectivity index (χ4n) is 3.73. The van der Waals surface area contributed by atoms with Gasteiger partial charge < -0.3 is 19.8 Å². The van der Waals surface area contributed by atoms with Gasteiger partial charge in [0.15, 0.2) is 0 Å². The van der Waals surface area contributed by atoms with Crippen molar-refractivity contribution in [1.82, 2.24) is 15.1 Å². The van der Waals surface area contributed by atoms with Gasteiger partial charge >= 0.3 is 0 Å². The Morgan fingerprint density at radius 1 is 1.28 bits per heavy atom. The van der Waals surface area contributed by atoms with E-state index in [1.165, 1.54) is 0 Å². The Hall–Kier alpha value is -3.03. The second-order valence-corrected chi connectivity index (χ2v) is 7.28. The first-order chi connectivity index (χ1) is 14.0. The third-order valence-electron chi connectivity index (χ3n) is 5.17. The molecule has 0 saturated heterocycles. The predicted molar refractivity (Wildman–Crippen MR) is 108 cm³/mol. The number of aromatic hydroxyl groups is 1. The van der Waals surface area contributed by atoms with E-state index < -0.39 is 6.04 Å². The number of aryl methyl sites for hydroxylation is 1. The number of rotatable bonds is 5. The number of halogens is 1. The minimum atomic E-state index is -0.469. The molecule has 2 aromatic carbocycles. The van der Waals surface area contributed by atoms with Crippen LogP contribution in [-0.2, 0) is 0 Å². The van der Waals surface area contributed by atoms with Crippen LogP contribution in [0.25, 0.3) is 11.3 Å². The summed E-state index contributed by atoms with van der Waals surface area (Å²) in [6, 6.07) is 10.1. The number of H-pyrrole nitrogens is 1. The summed E-state index contributed by atoms with van der Waals surface area (Å²) < 4.78 is 5.23. The van der Waals surface area contributed by atoms with Gasteiger partial charge in [0, 0.05) is 22.7 Å². The molecule has 0 bridgehead atoms. The summed E-state index contributed by atoms with van der Waals surface area (Å²) in [5, 5.41) is 27.6. The fraction of sp³-hybridized carbons (Fsp3) is 0.238. The molecule has 1 aliphatic rings. The average Bonchev–Trinajstić information content (AvgIpc) is 3.25. The van der Waals surface area contributed by atoms with Gasteiger partial charge in [-0.05, 0) is 42.3 Å². The van der Waals surface area contributed by atoms with Crippen molar-refractivity contribution in [3.63, 3.8) is 0 Å². The zero-order chi connectivity index (χ0) is 20.7. The smallest absolute Gasteiger partial charge is 0.273 e. The number of β-amino-alcohol motifs (C(OH)–C–C–N with tert-alkyl or cyclic N) is 1. The number of aromatic amines is 1. The average molecular weight is 414 g/mol. The highest BCUT2D eigenvalue weighted by Crippen LogP contribution is 2.45. The Labute approximate surface area is 172 Å². The normalized spacial score (nSPS) is 15.7. The molecule has 4 rings (SSSR count). The van der Waals surface area contributed by atoms with Crippen molar-refractivity contribution >= 4 is 17.5 Å². The molecule has 29 heavy (non-hydrogen) atoms. The molecule has 1 unspecified atom stereocenters. The van der Waals surface area contributed by atoms with Crippen molar-refractivity contribution < 1.29 is 19.7 Å². The molecule has 0 radical (unpaired) electrons. The van der Waals surface area contributed by atoms with Gasteiger partial charge in [-0.2, -0.15) is 5.10 Å². The second-order valence-electron chi connectivity index (χ2n) is 6.88. The van der Waals surface area contributed by atoms with E-state index in [1.54, 1.807) is 31.1 Å². The number of amides is 1. The number of aliphatic hydroxyl groups is 1. The molecule has 0 spiro atoms. The lowest BCUT2D eigenvalue weighted by Gasteiger charge is -2.25. The van der Waals surface area contributed by atoms with E-state index >= 15 is 0 Å². The third-order valence-corrected chi connectivity index (χ3v) is 5.58. The Morgan fingerprint density at radius 2 is 2.00 bits per heavy atom. The molecule has 3 N–H and O–H groups in total. The molecule has 1 aromatic heterocycles. The molecule has 8 heteroatoms. The van der Waals surface area contributed by atoms with Gasteiger partial charge in [-0.3, -0.25) is 9.89 Å². The van der Waals surface area contributed by atoms with Crippen LogP contribution in [0.2, 0.25) is 5.02 Å². The van der Waals surface area contributed by atoms with Gasteiger partial charge in [0.2, 0.25) is 0 Å². The highest BCUT2D eigenvalue weighted by Gasteiger charge is 2.42. The van der Waals surface area contributed by atoms with Gasteiger partial charge in [-0.25, -0.2) is 0 Å². The molecular weight excluding hydrogens is 394 g/mol. The Bertz CT molecular complexity index is 1080. The van der Waals surface area contributed by atoms with Crippen LogP contribution in [0.4, 0.5) is 0 Å². The molecule has 150 valence electrons. The topological polar surface area (TPSA) is 98.7 Å². The van der Waals surface area contributed by atoms with E-state index in [4.69, 9.17) is 16.3 Å². The lowest BCUT2D eigenvalue weighted by molar-refractivity contribution is 0.0706. The number of aliphatic hydroxyl groups excluding tert-OH is 1. The second kappa shape index (κ2) is 7.42. The summed E-state index contributed by atoms with van der Waals surface area (Å²) >= 11 is 6.27. The summed E-state index contributed by atoms with van der Waals surface area (Å²) in [5.41, 5.74) is 3.45. The first kappa shape index (κ1) is 19.3. The van der Waals surface area contributed by atoms with Crippen LogP contribution in [0.1, 0.15) is 33.2 Å². The van der Waals surface area contributed by atoms with Gasteiger partial charge in [0.1, 0.15) is 22.9 Å². The minimum Gasteiger partial charge on any atom is -0.507 e. The van der Waals surface area contributed by atoms with Gasteiger partial charge in [0.05, 0.1) is 19.8 Å². The van der Waals surface area contributed by atoms with Crippen LogP contribution in [0.3, 0.4) is 0 Å². The lowest BCUT2D eigenvalue weighted by atomic mass is 9.95. The number of carbonyl (C=O) groups is 1. The van der Waals surface area contributed by atoms with E-state index in [0.29, 0.717) is 33.3 Å². The van der Waals surface area contributed by atoms with Crippen molar-refractivity contribution in [2.45, 2.75) is 13.0 Å². The molecule has 0 fully saturated rings. The van der Waals surface area contributed by atoms with Gasteiger partial charge in [0.25, 0.3) is 5.91 Å². The molecule has 7 nitrogen and oxygen atoms in total. The third kappa shape index (κ3) is 3.12. The number of aromatic nitrogens is 2. The number of hydrogen-bond acceptors (Lipinski definition) is 5. The number of phenols is 1. The number of benzene rings is 2. The number of fused-ring (bicyclic) bond motifs is 1. The summed E-state index contributed by atoms with van der Waals surface area (Å²) in [6.45, 7) is 1.79. The van der Waals surface area contributed by atoms with Crippen LogP contribution in [0.15, 0.2) is 36.4 Å². The van der Waals surface area contributed by atoms with Crippen LogP contribution in [0.5, 0.6) is 11.5 Å². The maximum absolute atomic E-state index is 13.0. The molecule has 3 aromatic rings. The van der Waals surface area contributed by atoms with Crippen molar-refractivity contribution in [2.24, 2.45) is 0 Å². The van der Waals surface area contributed by atoms with Crippen molar-refractivity contribution in [2.75, 3.05) is 20.3 Å². The lowest BCUT2D eigenvalue weighted by Crippen LogP contribution is -2.32. The zero-order valence-corrected chi connectivity index (χ0v) is 16.7. The predicted octanol–water partition coefficient (Wildman–Crippen LogP) is 3.29. The summed E-state index contributed by atoms with van der Waals surface area (Å²) in [4.78, 5) is 14.6. The number of nitrogens with zero attached hydrogens (tertiary/aromatic N) is 2. The number of carbonyl (C=O) groups excluding carboxylic acids is 1. The summed E-state index contributed by atoms with van der Waals surface area (Å²) in [5.74, 6) is 0.469. The Kier molecular flexibility index (Phi) is 4.94. The van der Waals surface area contributed by atoms with Crippen molar-refractivity contribution in [3.8, 4) is 22.8 Å². The van der Waals surface area contributed by atoms with Gasteiger partial charge in [-0.1, -0.05) is 23.7 Å². The quantitative estimate of drug-likeness (QED) is 0.596. The first-order valence-corrected chi connectivity index (χ1v) is 9.47. The van der Waals surface area contributed by atoms with Crippen molar-refractivity contribution in [3.05, 3.63) is 63.8 Å². The Morgan fingerprint density at radius 3 is 2.66 bits per heavy atom. The number of ether oxygens (including phenoxy) is 1. The first-order valence-electron chi connectivity index (χ1n) is 9.09. The van der Waals surface area contributed by atoms with E-state index in [-0.39, 0.29) is 24.8 Å². The molecule has 1 amide bonds. The number of hydrogen-bond donors (Lipinski definition) is 3. The molecule has 1 aliphatic heterocycles. The molecule has 0 aliphatic carbocycles. The minimum absolute atomic E-state index is 0.0303. The van der Waals surface area contributed by atoms with Crippen LogP contribution in [-0.4, -0.2) is 51.5 Å². The number of phenolic OH excluding ortho intramolecular Hbond substituents is 1. The number of nitrogens with one attached hydrogen (secondary N) is 1. The van der Waals surface area contributed by atoms with Gasteiger partial charge in [-0.15, -0.1) is 0 Å². The fourth-order valence-corrected chi connectivity index (χ4v) is 3.89. The number of methoxy groups -OCH3 is 1. The summed E-state index contributed by atoms with van der Waals surface area (Å²) in [7, 11) is 1.59.